The summed E-state index contributed by atoms with van der Waals surface area (Å²) in [6, 6.07) is 0.564. The van der Waals surface area contributed by atoms with E-state index in [0.29, 0.717) is 6.04 Å². The van der Waals surface area contributed by atoms with Crippen LogP contribution in [0.4, 0.5) is 0 Å². The first-order chi connectivity index (χ1) is 5.65. The Bertz CT molecular complexity index is 151. The van der Waals surface area contributed by atoms with Crippen LogP contribution in [0.25, 0.3) is 0 Å². The summed E-state index contributed by atoms with van der Waals surface area (Å²) >= 11 is 0. The molecule has 0 aromatic carbocycles. The third kappa shape index (κ3) is 2.10. The van der Waals surface area contributed by atoms with Crippen molar-refractivity contribution in [2.24, 2.45) is 11.8 Å². The lowest BCUT2D eigenvalue weighted by Gasteiger charge is -2.21. The molecule has 0 spiro atoms. The molecule has 1 heteroatoms. The summed E-state index contributed by atoms with van der Waals surface area (Å²) in [5, 5.41) is 0. The highest BCUT2D eigenvalue weighted by atomic mass is 15.2. The van der Waals surface area contributed by atoms with E-state index in [4.69, 9.17) is 0 Å². The molecule has 1 rings (SSSR count). The molecule has 1 saturated heterocycles. The molecule has 70 valence electrons. The normalized spacial score (nSPS) is 27.8. The summed E-state index contributed by atoms with van der Waals surface area (Å²) in [7, 11) is 0. The molecule has 0 aromatic rings. The van der Waals surface area contributed by atoms with E-state index >= 15 is 0 Å². The molecule has 2 unspecified atom stereocenters. The van der Waals surface area contributed by atoms with Crippen LogP contribution < -0.4 is 0 Å². The summed E-state index contributed by atoms with van der Waals surface area (Å²) in [6.07, 6.45) is 3.42. The fraction of sp³-hybridized carbons (Fsp3) is 0.818. The number of hydrogen-bond donors (Lipinski definition) is 0. The van der Waals surface area contributed by atoms with Crippen LogP contribution in [0, 0.1) is 11.8 Å². The van der Waals surface area contributed by atoms with Crippen molar-refractivity contribution in [1.82, 2.24) is 4.90 Å². The Hall–Kier alpha value is -0.300. The first-order valence-electron chi connectivity index (χ1n) is 5.01. The molecule has 1 heterocycles. The molecule has 0 saturated carbocycles. The molecule has 1 aliphatic heterocycles. The minimum Gasteiger partial charge on any atom is -0.297 e. The Morgan fingerprint density at radius 2 is 2.08 bits per heavy atom. The fourth-order valence-corrected chi connectivity index (χ4v) is 1.88. The van der Waals surface area contributed by atoms with Crippen molar-refractivity contribution in [2.75, 3.05) is 13.1 Å². The summed E-state index contributed by atoms with van der Waals surface area (Å²) in [6.45, 7) is 13.2. The van der Waals surface area contributed by atoms with E-state index in [-0.39, 0.29) is 0 Å². The smallest absolute Gasteiger partial charge is 0.0247 e. The SMILES string of the molecule is C=CC(C)N1CCC(C(C)C)C1. The summed E-state index contributed by atoms with van der Waals surface area (Å²) in [4.78, 5) is 2.53. The monoisotopic (exact) mass is 167 g/mol. The van der Waals surface area contributed by atoms with Crippen molar-refractivity contribution in [1.29, 1.82) is 0 Å². The highest BCUT2D eigenvalue weighted by Crippen LogP contribution is 2.24. The first-order valence-corrected chi connectivity index (χ1v) is 5.01. The lowest BCUT2D eigenvalue weighted by Crippen LogP contribution is -2.29. The minimum atomic E-state index is 0.564. The Kier molecular flexibility index (Phi) is 3.33. The molecular formula is C11H21N. The van der Waals surface area contributed by atoms with Crippen LogP contribution in [-0.4, -0.2) is 24.0 Å². The van der Waals surface area contributed by atoms with Crippen molar-refractivity contribution in [3.05, 3.63) is 12.7 Å². The zero-order chi connectivity index (χ0) is 9.14. The van der Waals surface area contributed by atoms with Gasteiger partial charge in [0.2, 0.25) is 0 Å². The van der Waals surface area contributed by atoms with E-state index in [0.717, 1.165) is 11.8 Å². The van der Waals surface area contributed by atoms with Crippen LogP contribution in [-0.2, 0) is 0 Å². The van der Waals surface area contributed by atoms with Gasteiger partial charge in [0.25, 0.3) is 0 Å². The highest BCUT2D eigenvalue weighted by molar-refractivity contribution is 4.89. The van der Waals surface area contributed by atoms with Crippen molar-refractivity contribution in [2.45, 2.75) is 33.2 Å². The molecule has 12 heavy (non-hydrogen) atoms. The van der Waals surface area contributed by atoms with Gasteiger partial charge in [-0.25, -0.2) is 0 Å². The van der Waals surface area contributed by atoms with Gasteiger partial charge in [-0.1, -0.05) is 19.9 Å². The second kappa shape index (κ2) is 4.08. The van der Waals surface area contributed by atoms with E-state index in [2.05, 4.69) is 32.3 Å². The Labute approximate surface area is 76.5 Å². The van der Waals surface area contributed by atoms with E-state index in [1.165, 1.54) is 19.5 Å². The van der Waals surface area contributed by atoms with E-state index in [1.807, 2.05) is 6.08 Å². The maximum Gasteiger partial charge on any atom is 0.0247 e. The third-order valence-electron chi connectivity index (χ3n) is 3.12. The largest absolute Gasteiger partial charge is 0.297 e. The average molecular weight is 167 g/mol. The maximum absolute atomic E-state index is 3.83. The van der Waals surface area contributed by atoms with Crippen LogP contribution in [0.5, 0.6) is 0 Å². The molecule has 1 nitrogen and oxygen atoms in total. The van der Waals surface area contributed by atoms with Gasteiger partial charge in [0.05, 0.1) is 0 Å². The molecule has 1 fully saturated rings. The van der Waals surface area contributed by atoms with Crippen molar-refractivity contribution >= 4 is 0 Å². The molecular weight excluding hydrogens is 146 g/mol. The second-order valence-electron chi connectivity index (χ2n) is 4.26. The van der Waals surface area contributed by atoms with Gasteiger partial charge in [0, 0.05) is 12.6 Å². The van der Waals surface area contributed by atoms with Gasteiger partial charge < -0.3 is 0 Å². The van der Waals surface area contributed by atoms with Gasteiger partial charge in [0.1, 0.15) is 0 Å². The molecule has 0 aromatic heterocycles. The zero-order valence-electron chi connectivity index (χ0n) is 8.59. The van der Waals surface area contributed by atoms with Gasteiger partial charge in [0.15, 0.2) is 0 Å². The molecule has 0 bridgehead atoms. The van der Waals surface area contributed by atoms with Crippen molar-refractivity contribution in [3.63, 3.8) is 0 Å². The zero-order valence-corrected chi connectivity index (χ0v) is 8.59. The minimum absolute atomic E-state index is 0.564. The van der Waals surface area contributed by atoms with E-state index in [1.54, 1.807) is 0 Å². The van der Waals surface area contributed by atoms with Crippen LogP contribution in [0.1, 0.15) is 27.2 Å². The van der Waals surface area contributed by atoms with Crippen molar-refractivity contribution < 1.29 is 0 Å². The fourth-order valence-electron chi connectivity index (χ4n) is 1.88. The first kappa shape index (κ1) is 9.79. The molecule has 1 aliphatic rings. The lowest BCUT2D eigenvalue weighted by molar-refractivity contribution is 0.273. The van der Waals surface area contributed by atoms with Gasteiger partial charge in [-0.2, -0.15) is 0 Å². The van der Waals surface area contributed by atoms with Gasteiger partial charge in [-0.15, -0.1) is 6.58 Å². The quantitative estimate of drug-likeness (QED) is 0.584. The van der Waals surface area contributed by atoms with Gasteiger partial charge >= 0.3 is 0 Å². The Balaban J connectivity index is 2.40. The van der Waals surface area contributed by atoms with Crippen LogP contribution in [0.15, 0.2) is 12.7 Å². The Morgan fingerprint density at radius 3 is 2.50 bits per heavy atom. The predicted octanol–water partition coefficient (Wildman–Crippen LogP) is 2.54. The summed E-state index contributed by atoms with van der Waals surface area (Å²) in [5.74, 6) is 1.75. The Morgan fingerprint density at radius 1 is 1.42 bits per heavy atom. The second-order valence-corrected chi connectivity index (χ2v) is 4.26. The molecule has 0 N–H and O–H groups in total. The number of hydrogen-bond acceptors (Lipinski definition) is 1. The average Bonchev–Trinajstić information content (AvgIpc) is 2.51. The van der Waals surface area contributed by atoms with Crippen LogP contribution >= 0.6 is 0 Å². The van der Waals surface area contributed by atoms with E-state index in [9.17, 15) is 0 Å². The molecule has 0 radical (unpaired) electrons. The van der Waals surface area contributed by atoms with E-state index < -0.39 is 0 Å². The lowest BCUT2D eigenvalue weighted by atomic mass is 9.95. The topological polar surface area (TPSA) is 3.24 Å². The van der Waals surface area contributed by atoms with Gasteiger partial charge in [-0.05, 0) is 31.7 Å². The van der Waals surface area contributed by atoms with Crippen LogP contribution in [0.3, 0.4) is 0 Å². The number of likely N-dealkylation sites (tertiary alicyclic amines) is 1. The van der Waals surface area contributed by atoms with Crippen molar-refractivity contribution in [3.8, 4) is 0 Å². The maximum atomic E-state index is 3.83. The van der Waals surface area contributed by atoms with Gasteiger partial charge in [-0.3, -0.25) is 4.90 Å². The number of rotatable bonds is 3. The summed E-state index contributed by atoms with van der Waals surface area (Å²) in [5.41, 5.74) is 0. The molecule has 0 aliphatic carbocycles. The summed E-state index contributed by atoms with van der Waals surface area (Å²) < 4.78 is 0. The molecule has 2 atom stereocenters. The predicted molar refractivity (Wildman–Crippen MR) is 54.2 cm³/mol. The molecule has 0 amide bonds. The number of nitrogens with zero attached hydrogens (tertiary/aromatic N) is 1. The van der Waals surface area contributed by atoms with Crippen LogP contribution in [0.2, 0.25) is 0 Å². The third-order valence-corrected chi connectivity index (χ3v) is 3.12. The standard InChI is InChI=1S/C11H21N/c1-5-10(4)12-7-6-11(8-12)9(2)3/h5,9-11H,1,6-8H2,2-4H3. The highest BCUT2D eigenvalue weighted by Gasteiger charge is 2.26.